The van der Waals surface area contributed by atoms with E-state index >= 15 is 4.39 Å². The van der Waals surface area contributed by atoms with Gasteiger partial charge in [-0.25, -0.2) is 0 Å². The molecule has 0 unspecified atom stereocenters. The second-order valence-electron chi connectivity index (χ2n) is 6.35. The van der Waals surface area contributed by atoms with E-state index in [0.29, 0.717) is 28.1 Å². The summed E-state index contributed by atoms with van der Waals surface area (Å²) in [6, 6.07) is 28.0. The zero-order valence-electron chi connectivity index (χ0n) is 14.9. The molecule has 0 aliphatic heterocycles. The maximum Gasteiger partial charge on any atom is 0.207 e. The molecule has 132 valence electrons. The molecule has 2 nitrogen and oxygen atoms in total. The Labute approximate surface area is 157 Å². The predicted octanol–water partition coefficient (Wildman–Crippen LogP) is 6.15. The van der Waals surface area contributed by atoms with Crippen molar-refractivity contribution in [3.05, 3.63) is 103 Å². The lowest BCUT2D eigenvalue weighted by Crippen LogP contribution is -2.02. The summed E-state index contributed by atoms with van der Waals surface area (Å²) in [5.74, 6) is -0.599. The average Bonchev–Trinajstić information content (AvgIpc) is 3.03. The first kappa shape index (κ1) is 17.0. The number of rotatable bonds is 4. The molecule has 0 bridgehead atoms. The van der Waals surface area contributed by atoms with Gasteiger partial charge in [0.15, 0.2) is 5.78 Å². The summed E-state index contributed by atoms with van der Waals surface area (Å²) in [5, 5.41) is 0. The highest BCUT2D eigenvalue weighted by Gasteiger charge is 2.28. The Morgan fingerprint density at radius 2 is 1.22 bits per heavy atom. The van der Waals surface area contributed by atoms with Crippen LogP contribution in [0.2, 0.25) is 0 Å². The van der Waals surface area contributed by atoms with Gasteiger partial charge in [-0.05, 0) is 30.2 Å². The summed E-state index contributed by atoms with van der Waals surface area (Å²) in [6.45, 7) is 1.49. The Morgan fingerprint density at radius 3 is 1.74 bits per heavy atom. The molecule has 0 atom stereocenters. The minimum atomic E-state index is -0.434. The van der Waals surface area contributed by atoms with Crippen LogP contribution in [0.1, 0.15) is 17.3 Å². The van der Waals surface area contributed by atoms with Crippen molar-refractivity contribution in [2.45, 2.75) is 6.92 Å². The van der Waals surface area contributed by atoms with Crippen molar-refractivity contribution in [3.63, 3.8) is 0 Å². The van der Waals surface area contributed by atoms with Crippen LogP contribution in [-0.2, 0) is 0 Å². The van der Waals surface area contributed by atoms with E-state index in [1.807, 2.05) is 91.0 Å². The smallest absolute Gasteiger partial charge is 0.207 e. The van der Waals surface area contributed by atoms with E-state index < -0.39 is 5.95 Å². The maximum atomic E-state index is 15.8. The lowest BCUT2D eigenvalue weighted by molar-refractivity contribution is 0.101. The van der Waals surface area contributed by atoms with Crippen LogP contribution in [-0.4, -0.2) is 10.4 Å². The highest BCUT2D eigenvalue weighted by atomic mass is 19.1. The largest absolute Gasteiger partial charge is 0.294 e. The van der Waals surface area contributed by atoms with Crippen molar-refractivity contribution in [2.24, 2.45) is 0 Å². The summed E-state index contributed by atoms with van der Waals surface area (Å²) in [5.41, 5.74) is 3.48. The molecular weight excluding hydrogens is 337 g/mol. The van der Waals surface area contributed by atoms with Crippen LogP contribution in [0.3, 0.4) is 0 Å². The number of aromatic nitrogens is 1. The molecular formula is C24H18FNO. The fourth-order valence-electron chi connectivity index (χ4n) is 3.44. The minimum absolute atomic E-state index is 0.165. The molecule has 3 heteroatoms. The van der Waals surface area contributed by atoms with Crippen molar-refractivity contribution < 1.29 is 9.18 Å². The Kier molecular flexibility index (Phi) is 4.43. The number of carbonyl (C=O) groups excluding carboxylic acids is 1. The van der Waals surface area contributed by atoms with Crippen LogP contribution in [0.5, 0.6) is 0 Å². The van der Waals surface area contributed by atoms with E-state index in [9.17, 15) is 4.79 Å². The van der Waals surface area contributed by atoms with Crippen molar-refractivity contribution >= 4 is 5.78 Å². The van der Waals surface area contributed by atoms with Crippen LogP contribution in [0.25, 0.3) is 28.1 Å². The molecule has 0 spiro atoms. The first-order chi connectivity index (χ1) is 13.2. The predicted molar refractivity (Wildman–Crippen MR) is 107 cm³/mol. The molecule has 0 aliphatic rings. The molecule has 1 aromatic heterocycles. The summed E-state index contributed by atoms with van der Waals surface area (Å²) >= 11 is 0. The van der Waals surface area contributed by atoms with E-state index in [1.165, 1.54) is 11.5 Å². The van der Waals surface area contributed by atoms with Gasteiger partial charge < -0.3 is 0 Å². The van der Waals surface area contributed by atoms with Crippen LogP contribution in [0, 0.1) is 5.95 Å². The first-order valence-corrected chi connectivity index (χ1v) is 8.80. The number of Topliss-reactive ketones (excluding diaryl/α,β-unsaturated/α-hetero) is 1. The number of benzene rings is 3. The molecule has 0 N–H and O–H groups in total. The molecule has 0 saturated carbocycles. The summed E-state index contributed by atoms with van der Waals surface area (Å²) in [4.78, 5) is 12.7. The third kappa shape index (κ3) is 2.97. The molecule has 0 radical (unpaired) electrons. The maximum absolute atomic E-state index is 15.8. The van der Waals surface area contributed by atoms with Gasteiger partial charge in [-0.15, -0.1) is 0 Å². The normalized spacial score (nSPS) is 10.7. The minimum Gasteiger partial charge on any atom is -0.294 e. The SMILES string of the molecule is CC(=O)c1c(-c2ccccc2)c(F)n(-c2ccccc2)c1-c1ccccc1. The quantitative estimate of drug-likeness (QED) is 0.402. The van der Waals surface area contributed by atoms with Crippen molar-refractivity contribution in [2.75, 3.05) is 0 Å². The number of hydrogen-bond acceptors (Lipinski definition) is 1. The number of halogens is 1. The molecule has 0 aliphatic carbocycles. The molecule has 3 aromatic carbocycles. The van der Waals surface area contributed by atoms with Gasteiger partial charge in [-0.1, -0.05) is 78.9 Å². The van der Waals surface area contributed by atoms with E-state index in [4.69, 9.17) is 0 Å². The van der Waals surface area contributed by atoms with Crippen LogP contribution in [0.15, 0.2) is 91.0 Å². The zero-order valence-corrected chi connectivity index (χ0v) is 14.9. The first-order valence-electron chi connectivity index (χ1n) is 8.80. The van der Waals surface area contributed by atoms with E-state index in [0.717, 1.165) is 5.56 Å². The fourth-order valence-corrected chi connectivity index (χ4v) is 3.44. The molecule has 0 amide bonds. The standard InChI is InChI=1S/C24H18FNO/c1-17(27)21-22(18-11-5-2-6-12-18)24(25)26(20-15-9-4-10-16-20)23(21)19-13-7-3-8-14-19/h2-16H,1H3. The van der Waals surface area contributed by atoms with Crippen LogP contribution >= 0.6 is 0 Å². The second-order valence-corrected chi connectivity index (χ2v) is 6.35. The summed E-state index contributed by atoms with van der Waals surface area (Å²) in [7, 11) is 0. The number of nitrogens with zero attached hydrogens (tertiary/aromatic N) is 1. The number of ketones is 1. The fraction of sp³-hybridized carbons (Fsp3) is 0.0417. The Balaban J connectivity index is 2.14. The topological polar surface area (TPSA) is 22.0 Å². The number of para-hydroxylation sites is 1. The summed E-state index contributed by atoms with van der Waals surface area (Å²) in [6.07, 6.45) is 0. The average molecular weight is 355 g/mol. The molecule has 0 fully saturated rings. The van der Waals surface area contributed by atoms with Gasteiger partial charge in [0.25, 0.3) is 0 Å². The summed E-state index contributed by atoms with van der Waals surface area (Å²) < 4.78 is 17.3. The van der Waals surface area contributed by atoms with Gasteiger partial charge in [0.1, 0.15) is 0 Å². The third-order valence-electron chi connectivity index (χ3n) is 4.59. The number of hydrogen-bond donors (Lipinski definition) is 0. The zero-order chi connectivity index (χ0) is 18.8. The number of carbonyl (C=O) groups is 1. The molecule has 0 saturated heterocycles. The molecule has 4 aromatic rings. The van der Waals surface area contributed by atoms with Gasteiger partial charge in [-0.3, -0.25) is 9.36 Å². The van der Waals surface area contributed by atoms with Gasteiger partial charge >= 0.3 is 0 Å². The highest BCUT2D eigenvalue weighted by Crippen LogP contribution is 2.39. The highest BCUT2D eigenvalue weighted by molar-refractivity contribution is 6.07. The van der Waals surface area contributed by atoms with Gasteiger partial charge in [0.05, 0.1) is 11.3 Å². The Morgan fingerprint density at radius 1 is 0.741 bits per heavy atom. The second kappa shape index (κ2) is 7.04. The Bertz CT molecular complexity index is 1080. The third-order valence-corrected chi connectivity index (χ3v) is 4.59. The van der Waals surface area contributed by atoms with Crippen molar-refractivity contribution in [1.82, 2.24) is 4.57 Å². The van der Waals surface area contributed by atoms with Gasteiger partial charge in [-0.2, -0.15) is 4.39 Å². The monoisotopic (exact) mass is 355 g/mol. The Hall–Kier alpha value is -3.46. The van der Waals surface area contributed by atoms with Crippen LogP contribution in [0.4, 0.5) is 4.39 Å². The van der Waals surface area contributed by atoms with Crippen molar-refractivity contribution in [3.8, 4) is 28.1 Å². The van der Waals surface area contributed by atoms with Crippen LogP contribution < -0.4 is 0 Å². The molecule has 1 heterocycles. The van der Waals surface area contributed by atoms with Gasteiger partial charge in [0.2, 0.25) is 5.95 Å². The van der Waals surface area contributed by atoms with Gasteiger partial charge in [0, 0.05) is 11.3 Å². The van der Waals surface area contributed by atoms with E-state index in [-0.39, 0.29) is 5.78 Å². The lowest BCUT2D eigenvalue weighted by Gasteiger charge is -2.11. The van der Waals surface area contributed by atoms with Crippen molar-refractivity contribution in [1.29, 1.82) is 0 Å². The lowest BCUT2D eigenvalue weighted by atomic mass is 9.97. The molecule has 27 heavy (non-hydrogen) atoms. The van der Waals surface area contributed by atoms with E-state index in [1.54, 1.807) is 0 Å². The van der Waals surface area contributed by atoms with E-state index in [2.05, 4.69) is 0 Å². The molecule has 4 rings (SSSR count).